The standard InChI is InChI=1S/C19H23N3O/c1-13-8-9-16(10-21-13)17-11-20-12-18(17)19(23)22-14(2)15-6-4-3-5-7-15/h3-10,14,17-18,20H,11-12H2,1-2H3,(H,22,23). The lowest BCUT2D eigenvalue weighted by Gasteiger charge is -2.21. The van der Waals surface area contributed by atoms with Gasteiger partial charge in [0.15, 0.2) is 0 Å². The Labute approximate surface area is 137 Å². The number of rotatable bonds is 4. The Hall–Kier alpha value is -2.20. The first-order chi connectivity index (χ1) is 11.1. The minimum Gasteiger partial charge on any atom is -0.349 e. The summed E-state index contributed by atoms with van der Waals surface area (Å²) in [6.07, 6.45) is 1.90. The number of aryl methyl sites for hydroxylation is 1. The fourth-order valence-corrected chi connectivity index (χ4v) is 3.15. The van der Waals surface area contributed by atoms with Gasteiger partial charge in [0, 0.05) is 30.9 Å². The maximum atomic E-state index is 12.7. The Morgan fingerprint density at radius 3 is 2.70 bits per heavy atom. The molecule has 2 N–H and O–H groups in total. The van der Waals surface area contributed by atoms with Gasteiger partial charge in [0.1, 0.15) is 0 Å². The number of nitrogens with one attached hydrogen (secondary N) is 2. The van der Waals surface area contributed by atoms with E-state index in [1.807, 2.05) is 56.4 Å². The van der Waals surface area contributed by atoms with Crippen molar-refractivity contribution < 1.29 is 4.79 Å². The van der Waals surface area contributed by atoms with E-state index in [0.717, 1.165) is 23.4 Å². The highest BCUT2D eigenvalue weighted by atomic mass is 16.2. The molecule has 0 aliphatic carbocycles. The molecule has 1 fully saturated rings. The highest BCUT2D eigenvalue weighted by molar-refractivity contribution is 5.81. The smallest absolute Gasteiger partial charge is 0.225 e. The molecule has 1 aromatic carbocycles. The van der Waals surface area contributed by atoms with E-state index >= 15 is 0 Å². The second-order valence-corrected chi connectivity index (χ2v) is 6.25. The minimum absolute atomic E-state index is 0.0149. The van der Waals surface area contributed by atoms with E-state index < -0.39 is 0 Å². The van der Waals surface area contributed by atoms with Crippen LogP contribution in [0.25, 0.3) is 0 Å². The van der Waals surface area contributed by atoms with Crippen LogP contribution in [0.1, 0.15) is 35.7 Å². The first-order valence-corrected chi connectivity index (χ1v) is 8.13. The second-order valence-electron chi connectivity index (χ2n) is 6.25. The molecule has 2 aromatic rings. The average molecular weight is 309 g/mol. The van der Waals surface area contributed by atoms with Crippen molar-refractivity contribution in [2.45, 2.75) is 25.8 Å². The molecule has 4 heteroatoms. The first kappa shape index (κ1) is 15.7. The molecule has 1 aromatic heterocycles. The van der Waals surface area contributed by atoms with Crippen LogP contribution in [0.2, 0.25) is 0 Å². The van der Waals surface area contributed by atoms with E-state index in [4.69, 9.17) is 0 Å². The number of hydrogen-bond acceptors (Lipinski definition) is 3. The largest absolute Gasteiger partial charge is 0.349 e. The third-order valence-electron chi connectivity index (χ3n) is 4.57. The van der Waals surface area contributed by atoms with Gasteiger partial charge in [-0.3, -0.25) is 9.78 Å². The van der Waals surface area contributed by atoms with Crippen LogP contribution in [-0.4, -0.2) is 24.0 Å². The molecule has 3 unspecified atom stereocenters. The zero-order valence-electron chi connectivity index (χ0n) is 13.6. The van der Waals surface area contributed by atoms with Crippen molar-refractivity contribution in [1.29, 1.82) is 0 Å². The van der Waals surface area contributed by atoms with Crippen LogP contribution in [0.3, 0.4) is 0 Å². The second kappa shape index (κ2) is 6.92. The zero-order chi connectivity index (χ0) is 16.2. The molecular formula is C19H23N3O. The number of nitrogens with zero attached hydrogens (tertiary/aromatic N) is 1. The van der Waals surface area contributed by atoms with Crippen LogP contribution >= 0.6 is 0 Å². The molecule has 120 valence electrons. The lowest BCUT2D eigenvalue weighted by molar-refractivity contribution is -0.125. The average Bonchev–Trinajstić information content (AvgIpc) is 3.06. The van der Waals surface area contributed by atoms with Gasteiger partial charge in [-0.25, -0.2) is 0 Å². The van der Waals surface area contributed by atoms with Gasteiger partial charge in [-0.05, 0) is 31.0 Å². The molecule has 2 heterocycles. The van der Waals surface area contributed by atoms with Crippen LogP contribution in [-0.2, 0) is 4.79 Å². The SMILES string of the molecule is Cc1ccc(C2CNCC2C(=O)NC(C)c2ccccc2)cn1. The van der Waals surface area contributed by atoms with Crippen molar-refractivity contribution in [1.82, 2.24) is 15.6 Å². The quantitative estimate of drug-likeness (QED) is 0.912. The number of aromatic nitrogens is 1. The van der Waals surface area contributed by atoms with Crippen molar-refractivity contribution in [3.05, 3.63) is 65.5 Å². The highest BCUT2D eigenvalue weighted by Crippen LogP contribution is 2.28. The van der Waals surface area contributed by atoms with Crippen molar-refractivity contribution in [2.75, 3.05) is 13.1 Å². The molecular weight excluding hydrogens is 286 g/mol. The predicted molar refractivity (Wildman–Crippen MR) is 91.1 cm³/mol. The molecule has 0 spiro atoms. The summed E-state index contributed by atoms with van der Waals surface area (Å²) in [4.78, 5) is 17.1. The van der Waals surface area contributed by atoms with Gasteiger partial charge >= 0.3 is 0 Å². The van der Waals surface area contributed by atoms with Crippen molar-refractivity contribution in [3.8, 4) is 0 Å². The zero-order valence-corrected chi connectivity index (χ0v) is 13.6. The fraction of sp³-hybridized carbons (Fsp3) is 0.368. The minimum atomic E-state index is -0.0503. The lowest BCUT2D eigenvalue weighted by atomic mass is 9.89. The van der Waals surface area contributed by atoms with Gasteiger partial charge < -0.3 is 10.6 Å². The summed E-state index contributed by atoms with van der Waals surface area (Å²) in [5, 5.41) is 6.49. The predicted octanol–water partition coefficient (Wildman–Crippen LogP) is 2.57. The number of benzene rings is 1. The number of pyridine rings is 1. The molecule has 3 rings (SSSR count). The summed E-state index contributed by atoms with van der Waals surface area (Å²) in [5.74, 6) is 0.244. The van der Waals surface area contributed by atoms with E-state index in [9.17, 15) is 4.79 Å². The molecule has 1 aliphatic heterocycles. The Kier molecular flexibility index (Phi) is 4.72. The number of carbonyl (C=O) groups is 1. The van der Waals surface area contributed by atoms with Crippen LogP contribution in [0.4, 0.5) is 0 Å². The van der Waals surface area contributed by atoms with E-state index in [0.29, 0.717) is 6.54 Å². The fourth-order valence-electron chi connectivity index (χ4n) is 3.15. The summed E-state index contributed by atoms with van der Waals surface area (Å²) in [6.45, 7) is 5.54. The summed E-state index contributed by atoms with van der Waals surface area (Å²) in [6, 6.07) is 14.2. The first-order valence-electron chi connectivity index (χ1n) is 8.13. The van der Waals surface area contributed by atoms with Gasteiger partial charge in [-0.1, -0.05) is 36.4 Å². The topological polar surface area (TPSA) is 54.0 Å². The summed E-state index contributed by atoms with van der Waals surface area (Å²) in [7, 11) is 0. The summed E-state index contributed by atoms with van der Waals surface area (Å²) >= 11 is 0. The Balaban J connectivity index is 1.69. The maximum absolute atomic E-state index is 12.7. The third-order valence-corrected chi connectivity index (χ3v) is 4.57. The van der Waals surface area contributed by atoms with Gasteiger partial charge in [0.2, 0.25) is 5.91 Å². The van der Waals surface area contributed by atoms with Crippen LogP contribution in [0.15, 0.2) is 48.7 Å². The van der Waals surface area contributed by atoms with Crippen molar-refractivity contribution in [2.24, 2.45) is 5.92 Å². The van der Waals surface area contributed by atoms with Gasteiger partial charge in [0.05, 0.1) is 12.0 Å². The molecule has 4 nitrogen and oxygen atoms in total. The van der Waals surface area contributed by atoms with E-state index in [1.54, 1.807) is 0 Å². The third kappa shape index (κ3) is 3.59. The molecule has 23 heavy (non-hydrogen) atoms. The van der Waals surface area contributed by atoms with Crippen LogP contribution in [0, 0.1) is 12.8 Å². The Morgan fingerprint density at radius 1 is 1.22 bits per heavy atom. The highest BCUT2D eigenvalue weighted by Gasteiger charge is 2.34. The Morgan fingerprint density at radius 2 is 2.00 bits per heavy atom. The number of amides is 1. The lowest BCUT2D eigenvalue weighted by Crippen LogP contribution is -2.36. The molecule has 3 atom stereocenters. The molecule has 1 aliphatic rings. The molecule has 0 radical (unpaired) electrons. The number of carbonyl (C=O) groups excluding carboxylic acids is 1. The van der Waals surface area contributed by atoms with E-state index in [2.05, 4.69) is 21.7 Å². The Bertz CT molecular complexity index is 654. The van der Waals surface area contributed by atoms with E-state index in [-0.39, 0.29) is 23.8 Å². The normalized spacial score (nSPS) is 21.8. The molecule has 0 bridgehead atoms. The van der Waals surface area contributed by atoms with Gasteiger partial charge in [-0.15, -0.1) is 0 Å². The maximum Gasteiger partial charge on any atom is 0.225 e. The molecule has 1 amide bonds. The van der Waals surface area contributed by atoms with Crippen LogP contribution in [0.5, 0.6) is 0 Å². The number of hydrogen-bond donors (Lipinski definition) is 2. The van der Waals surface area contributed by atoms with Crippen LogP contribution < -0.4 is 10.6 Å². The summed E-state index contributed by atoms with van der Waals surface area (Å²) in [5.41, 5.74) is 3.26. The van der Waals surface area contributed by atoms with Gasteiger partial charge in [0.25, 0.3) is 0 Å². The summed E-state index contributed by atoms with van der Waals surface area (Å²) < 4.78 is 0. The monoisotopic (exact) mass is 309 g/mol. The molecule has 1 saturated heterocycles. The van der Waals surface area contributed by atoms with Gasteiger partial charge in [-0.2, -0.15) is 0 Å². The molecule has 0 saturated carbocycles. The van der Waals surface area contributed by atoms with E-state index in [1.165, 1.54) is 0 Å². The van der Waals surface area contributed by atoms with Crippen molar-refractivity contribution >= 4 is 5.91 Å². The van der Waals surface area contributed by atoms with Crippen molar-refractivity contribution in [3.63, 3.8) is 0 Å².